The summed E-state index contributed by atoms with van der Waals surface area (Å²) in [4.78, 5) is 34.7. The van der Waals surface area contributed by atoms with Crippen molar-refractivity contribution in [3.63, 3.8) is 0 Å². The Bertz CT molecular complexity index is 1300. The van der Waals surface area contributed by atoms with E-state index in [1.54, 1.807) is 17.0 Å². The molecule has 7 heteroatoms. The number of amides is 2. The fourth-order valence-corrected chi connectivity index (χ4v) is 4.24. The van der Waals surface area contributed by atoms with Crippen molar-refractivity contribution in [1.82, 2.24) is 14.9 Å². The van der Waals surface area contributed by atoms with Crippen LogP contribution in [-0.4, -0.2) is 33.4 Å². The predicted octanol–water partition coefficient (Wildman–Crippen LogP) is 3.95. The molecule has 1 aliphatic rings. The van der Waals surface area contributed by atoms with E-state index in [0.29, 0.717) is 29.0 Å². The first-order chi connectivity index (χ1) is 15.6. The van der Waals surface area contributed by atoms with E-state index in [4.69, 9.17) is 15.5 Å². The minimum Gasteiger partial charge on any atom is -0.445 e. The molecule has 3 N–H and O–H groups in total. The summed E-state index contributed by atoms with van der Waals surface area (Å²) in [6, 6.07) is 22.4. The molecule has 0 saturated carbocycles. The van der Waals surface area contributed by atoms with Crippen LogP contribution in [0.25, 0.3) is 11.0 Å². The number of para-hydroxylation sites is 1. The van der Waals surface area contributed by atoms with Gasteiger partial charge in [0.25, 0.3) is 5.91 Å². The quantitative estimate of drug-likeness (QED) is 0.516. The van der Waals surface area contributed by atoms with Crippen LogP contribution in [0.5, 0.6) is 0 Å². The normalized spacial score (nSPS) is 15.4. The molecule has 2 heterocycles. The summed E-state index contributed by atoms with van der Waals surface area (Å²) in [5.74, 6) is 0.0225. The molecule has 1 aliphatic heterocycles. The number of carbonyl (C=O) groups excluding carboxylic acids is 2. The molecule has 0 bridgehead atoms. The van der Waals surface area contributed by atoms with E-state index in [-0.39, 0.29) is 6.61 Å². The van der Waals surface area contributed by atoms with Gasteiger partial charge in [-0.3, -0.25) is 9.69 Å². The van der Waals surface area contributed by atoms with E-state index in [1.807, 2.05) is 54.6 Å². The van der Waals surface area contributed by atoms with Crippen LogP contribution >= 0.6 is 0 Å². The Morgan fingerprint density at radius 1 is 1.03 bits per heavy atom. The van der Waals surface area contributed by atoms with Crippen LogP contribution < -0.4 is 5.73 Å². The Hall–Kier alpha value is -4.13. The second kappa shape index (κ2) is 8.19. The maximum atomic E-state index is 13.1. The van der Waals surface area contributed by atoms with Crippen LogP contribution in [0, 0.1) is 0 Å². The summed E-state index contributed by atoms with van der Waals surface area (Å²) in [6.45, 7) is 0.686. The molecular weight excluding hydrogens is 404 g/mol. The number of nitrogens with two attached hydrogens (primary N) is 1. The molecule has 160 valence electrons. The lowest BCUT2D eigenvalue weighted by atomic mass is 9.92. The summed E-state index contributed by atoms with van der Waals surface area (Å²) >= 11 is 0. The maximum absolute atomic E-state index is 13.1. The van der Waals surface area contributed by atoms with E-state index in [0.717, 1.165) is 23.1 Å². The van der Waals surface area contributed by atoms with Gasteiger partial charge in [-0.05, 0) is 35.2 Å². The number of aromatic amines is 1. The summed E-state index contributed by atoms with van der Waals surface area (Å²) in [6.07, 6.45) is 0.309. The van der Waals surface area contributed by atoms with Gasteiger partial charge in [0.15, 0.2) is 0 Å². The zero-order chi connectivity index (χ0) is 22.1. The number of carbonyl (C=O) groups is 2. The van der Waals surface area contributed by atoms with Gasteiger partial charge < -0.3 is 15.5 Å². The Balaban J connectivity index is 1.53. The van der Waals surface area contributed by atoms with E-state index in [1.165, 1.54) is 0 Å². The van der Waals surface area contributed by atoms with Gasteiger partial charge >= 0.3 is 6.09 Å². The van der Waals surface area contributed by atoms with Crippen molar-refractivity contribution in [3.8, 4) is 0 Å². The van der Waals surface area contributed by atoms with E-state index >= 15 is 0 Å². The van der Waals surface area contributed by atoms with Crippen molar-refractivity contribution in [1.29, 1.82) is 0 Å². The van der Waals surface area contributed by atoms with Crippen molar-refractivity contribution in [2.45, 2.75) is 19.1 Å². The first-order valence-corrected chi connectivity index (χ1v) is 10.5. The molecule has 0 radical (unpaired) electrons. The molecule has 0 saturated heterocycles. The van der Waals surface area contributed by atoms with E-state index in [2.05, 4.69) is 11.1 Å². The molecular formula is C25H22N4O3. The van der Waals surface area contributed by atoms with Crippen LogP contribution in [0.2, 0.25) is 0 Å². The molecule has 2 amide bonds. The van der Waals surface area contributed by atoms with Crippen molar-refractivity contribution in [3.05, 3.63) is 101 Å². The SMILES string of the molecule is NC(=O)c1cccc2[nH]c([C@@H]3c4ccccc4CCN3C(=O)OCc3ccccc3)nc12. The molecule has 0 fully saturated rings. The van der Waals surface area contributed by atoms with Crippen molar-refractivity contribution in [2.75, 3.05) is 6.54 Å². The average Bonchev–Trinajstić information content (AvgIpc) is 3.26. The van der Waals surface area contributed by atoms with Crippen molar-refractivity contribution in [2.24, 2.45) is 5.73 Å². The van der Waals surface area contributed by atoms with Gasteiger partial charge in [-0.15, -0.1) is 0 Å². The van der Waals surface area contributed by atoms with Crippen LogP contribution in [0.1, 0.15) is 38.9 Å². The fourth-order valence-electron chi connectivity index (χ4n) is 4.24. The van der Waals surface area contributed by atoms with Crippen molar-refractivity contribution >= 4 is 23.0 Å². The highest BCUT2D eigenvalue weighted by Crippen LogP contribution is 2.35. The fraction of sp³-hybridized carbons (Fsp3) is 0.160. The number of H-pyrrole nitrogens is 1. The number of primary amides is 1. The number of imidazole rings is 1. The van der Waals surface area contributed by atoms with Gasteiger partial charge in [-0.2, -0.15) is 0 Å². The highest BCUT2D eigenvalue weighted by atomic mass is 16.6. The van der Waals surface area contributed by atoms with Gasteiger partial charge in [-0.25, -0.2) is 9.78 Å². The number of aromatic nitrogens is 2. The zero-order valence-electron chi connectivity index (χ0n) is 17.3. The monoisotopic (exact) mass is 426 g/mol. The molecule has 0 unspecified atom stereocenters. The van der Waals surface area contributed by atoms with Crippen molar-refractivity contribution < 1.29 is 14.3 Å². The van der Waals surface area contributed by atoms with Crippen LogP contribution in [0.15, 0.2) is 72.8 Å². The smallest absolute Gasteiger partial charge is 0.411 e. The summed E-state index contributed by atoms with van der Waals surface area (Å²) in [7, 11) is 0. The second-order valence-corrected chi connectivity index (χ2v) is 7.77. The lowest BCUT2D eigenvalue weighted by Crippen LogP contribution is -2.41. The van der Waals surface area contributed by atoms with Crippen LogP contribution in [-0.2, 0) is 17.8 Å². The summed E-state index contributed by atoms with van der Waals surface area (Å²) in [5.41, 5.74) is 10.1. The molecule has 1 atom stereocenters. The number of rotatable bonds is 4. The Morgan fingerprint density at radius 3 is 2.62 bits per heavy atom. The third-order valence-corrected chi connectivity index (χ3v) is 5.78. The van der Waals surface area contributed by atoms with Crippen LogP contribution in [0.3, 0.4) is 0 Å². The van der Waals surface area contributed by atoms with Gasteiger partial charge in [0.2, 0.25) is 0 Å². The largest absolute Gasteiger partial charge is 0.445 e. The topological polar surface area (TPSA) is 101 Å². The van der Waals surface area contributed by atoms with Gasteiger partial charge in [0, 0.05) is 6.54 Å². The number of hydrogen-bond acceptors (Lipinski definition) is 4. The lowest BCUT2D eigenvalue weighted by molar-refractivity contribution is 0.0824. The van der Waals surface area contributed by atoms with E-state index in [9.17, 15) is 9.59 Å². The first kappa shape index (κ1) is 19.8. The first-order valence-electron chi connectivity index (χ1n) is 10.5. The Labute approximate surface area is 184 Å². The Morgan fingerprint density at radius 2 is 1.81 bits per heavy atom. The number of fused-ring (bicyclic) bond motifs is 2. The standard InChI is InChI=1S/C25H22N4O3/c26-23(30)19-11-6-12-20-21(19)28-24(27-20)22-18-10-5-4-9-17(18)13-14-29(22)25(31)32-15-16-7-2-1-3-8-16/h1-12,22H,13-15H2,(H2,26,30)(H,27,28)/t22-/m0/s1. The number of hydrogen-bond donors (Lipinski definition) is 2. The second-order valence-electron chi connectivity index (χ2n) is 7.77. The molecule has 3 aromatic carbocycles. The number of nitrogens with zero attached hydrogens (tertiary/aromatic N) is 2. The highest BCUT2D eigenvalue weighted by molar-refractivity contribution is 6.04. The zero-order valence-corrected chi connectivity index (χ0v) is 17.3. The highest BCUT2D eigenvalue weighted by Gasteiger charge is 2.35. The predicted molar refractivity (Wildman–Crippen MR) is 120 cm³/mol. The van der Waals surface area contributed by atoms with E-state index < -0.39 is 18.0 Å². The van der Waals surface area contributed by atoms with Crippen LogP contribution in [0.4, 0.5) is 4.79 Å². The molecule has 4 aromatic rings. The number of ether oxygens (including phenoxy) is 1. The molecule has 7 nitrogen and oxygen atoms in total. The summed E-state index contributed by atoms with van der Waals surface area (Å²) < 4.78 is 5.64. The molecule has 5 rings (SSSR count). The minimum absolute atomic E-state index is 0.191. The van der Waals surface area contributed by atoms with Gasteiger partial charge in [-0.1, -0.05) is 60.7 Å². The molecule has 1 aromatic heterocycles. The minimum atomic E-state index is -0.545. The summed E-state index contributed by atoms with van der Waals surface area (Å²) in [5, 5.41) is 0. The van der Waals surface area contributed by atoms with Gasteiger partial charge in [0.05, 0.1) is 11.1 Å². The average molecular weight is 426 g/mol. The third kappa shape index (κ3) is 3.58. The molecule has 0 aliphatic carbocycles. The third-order valence-electron chi connectivity index (χ3n) is 5.78. The Kier molecular flexibility index (Phi) is 5.07. The lowest BCUT2D eigenvalue weighted by Gasteiger charge is -2.35. The number of benzene rings is 3. The molecule has 0 spiro atoms. The molecule has 32 heavy (non-hydrogen) atoms. The number of nitrogens with one attached hydrogen (secondary N) is 1. The van der Waals surface area contributed by atoms with Gasteiger partial charge in [0.1, 0.15) is 24.0 Å². The maximum Gasteiger partial charge on any atom is 0.411 e.